The summed E-state index contributed by atoms with van der Waals surface area (Å²) in [5, 5.41) is 22.3. The van der Waals surface area contributed by atoms with E-state index in [1.807, 2.05) is 0 Å². The first kappa shape index (κ1) is 18.1. The van der Waals surface area contributed by atoms with E-state index < -0.39 is 33.4 Å². The van der Waals surface area contributed by atoms with Crippen LogP contribution in [0.5, 0.6) is 0 Å². The summed E-state index contributed by atoms with van der Waals surface area (Å²) < 4.78 is 43.7. The Morgan fingerprint density at radius 3 is 2.62 bits per heavy atom. The lowest BCUT2D eigenvalue weighted by atomic mass is 10.1. The highest BCUT2D eigenvalue weighted by Crippen LogP contribution is 2.41. The first-order valence-electron chi connectivity index (χ1n) is 6.70. The molecule has 1 atom stereocenters. The number of nitro benzene ring substituents is 1. The summed E-state index contributed by atoms with van der Waals surface area (Å²) in [6.45, 7) is -0.263. The Balaban J connectivity index is 2.45. The van der Waals surface area contributed by atoms with E-state index in [0.717, 1.165) is 6.07 Å². The van der Waals surface area contributed by atoms with Crippen molar-refractivity contribution >= 4 is 23.0 Å². The van der Waals surface area contributed by atoms with Gasteiger partial charge in [0.1, 0.15) is 11.4 Å². The molecule has 1 unspecified atom stereocenters. The van der Waals surface area contributed by atoms with E-state index in [2.05, 4.69) is 5.32 Å². The summed E-state index contributed by atoms with van der Waals surface area (Å²) in [6.07, 6.45) is -3.31. The Morgan fingerprint density at radius 1 is 1.42 bits per heavy atom. The molecule has 0 aliphatic heterocycles. The number of hydrogen-bond acceptors (Lipinski definition) is 5. The molecule has 0 aliphatic rings. The highest BCUT2D eigenvalue weighted by Gasteiger charge is 2.36. The van der Waals surface area contributed by atoms with Gasteiger partial charge in [-0.2, -0.15) is 13.2 Å². The summed E-state index contributed by atoms with van der Waals surface area (Å²) in [6, 6.07) is 3.70. The van der Waals surface area contributed by atoms with E-state index in [1.54, 1.807) is 12.1 Å². The molecule has 10 heteroatoms. The van der Waals surface area contributed by atoms with Gasteiger partial charge < -0.3 is 14.8 Å². The van der Waals surface area contributed by atoms with Crippen LogP contribution in [-0.2, 0) is 6.18 Å². The minimum atomic E-state index is -4.81. The second kappa shape index (κ2) is 7.10. The van der Waals surface area contributed by atoms with Crippen LogP contribution in [0, 0.1) is 10.1 Å². The maximum absolute atomic E-state index is 12.9. The summed E-state index contributed by atoms with van der Waals surface area (Å²) in [5.74, 6) is 0.370. The molecule has 1 heterocycles. The zero-order chi connectivity index (χ0) is 17.9. The molecule has 0 saturated heterocycles. The molecule has 1 aromatic carbocycles. The van der Waals surface area contributed by atoms with Crippen molar-refractivity contribution in [3.63, 3.8) is 0 Å². The molecule has 0 fully saturated rings. The van der Waals surface area contributed by atoms with Gasteiger partial charge in [0, 0.05) is 12.7 Å². The van der Waals surface area contributed by atoms with Gasteiger partial charge in [0.15, 0.2) is 0 Å². The van der Waals surface area contributed by atoms with Crippen LogP contribution in [0.1, 0.15) is 23.8 Å². The Hall–Kier alpha value is -2.26. The Bertz CT molecular complexity index is 720. The molecule has 2 N–H and O–H groups in total. The van der Waals surface area contributed by atoms with Crippen LogP contribution in [-0.4, -0.2) is 16.6 Å². The summed E-state index contributed by atoms with van der Waals surface area (Å²) in [5.41, 5.74) is -2.27. The topological polar surface area (TPSA) is 88.5 Å². The molecule has 0 bridgehead atoms. The number of nitrogens with zero attached hydrogens (tertiary/aromatic N) is 1. The molecule has 0 amide bonds. The van der Waals surface area contributed by atoms with Crippen LogP contribution in [0.4, 0.5) is 24.5 Å². The van der Waals surface area contributed by atoms with Crippen LogP contribution >= 0.6 is 11.6 Å². The molecule has 0 spiro atoms. The van der Waals surface area contributed by atoms with E-state index in [-0.39, 0.29) is 18.7 Å². The van der Waals surface area contributed by atoms with Gasteiger partial charge in [-0.05, 0) is 24.6 Å². The van der Waals surface area contributed by atoms with E-state index in [1.165, 1.54) is 6.26 Å². The lowest BCUT2D eigenvalue weighted by molar-refractivity contribution is -0.384. The second-order valence-electron chi connectivity index (χ2n) is 4.83. The van der Waals surface area contributed by atoms with Gasteiger partial charge >= 0.3 is 6.18 Å². The molecular formula is C14H12ClF3N2O4. The number of aliphatic hydroxyl groups excluding tert-OH is 1. The van der Waals surface area contributed by atoms with E-state index in [9.17, 15) is 23.3 Å². The Labute approximate surface area is 139 Å². The second-order valence-corrected chi connectivity index (χ2v) is 5.24. The van der Waals surface area contributed by atoms with Crippen molar-refractivity contribution in [2.45, 2.75) is 18.6 Å². The third-order valence-electron chi connectivity index (χ3n) is 3.22. The molecule has 2 aromatic rings. The molecular weight excluding hydrogens is 353 g/mol. The van der Waals surface area contributed by atoms with Crippen LogP contribution in [0.25, 0.3) is 0 Å². The number of benzene rings is 1. The number of aliphatic hydroxyl groups is 1. The Morgan fingerprint density at radius 2 is 2.12 bits per heavy atom. The normalized spacial score (nSPS) is 12.9. The quantitative estimate of drug-likeness (QED) is 0.586. The third-order valence-corrected chi connectivity index (χ3v) is 3.53. The molecule has 0 aliphatic carbocycles. The average Bonchev–Trinajstić information content (AvgIpc) is 2.99. The number of rotatable bonds is 6. The zero-order valence-corrected chi connectivity index (χ0v) is 12.8. The van der Waals surface area contributed by atoms with Crippen molar-refractivity contribution in [2.24, 2.45) is 0 Å². The van der Waals surface area contributed by atoms with Gasteiger partial charge in [-0.1, -0.05) is 11.6 Å². The molecule has 1 aromatic heterocycles. The van der Waals surface area contributed by atoms with Crippen LogP contribution < -0.4 is 5.32 Å². The van der Waals surface area contributed by atoms with Gasteiger partial charge in [0.2, 0.25) is 0 Å². The molecule has 24 heavy (non-hydrogen) atoms. The number of hydrogen-bond donors (Lipinski definition) is 2. The average molecular weight is 365 g/mol. The van der Waals surface area contributed by atoms with E-state index in [4.69, 9.17) is 21.1 Å². The summed E-state index contributed by atoms with van der Waals surface area (Å²) in [7, 11) is 0. The number of nitro groups is 1. The minimum absolute atomic E-state index is 0.128. The van der Waals surface area contributed by atoms with Crippen molar-refractivity contribution in [3.8, 4) is 0 Å². The lowest BCUT2D eigenvalue weighted by Crippen LogP contribution is -2.14. The number of nitrogens with one attached hydrogen (secondary N) is 1. The van der Waals surface area contributed by atoms with Gasteiger partial charge in [-0.25, -0.2) is 0 Å². The number of alkyl halides is 3. The van der Waals surface area contributed by atoms with Gasteiger partial charge in [-0.15, -0.1) is 0 Å². The van der Waals surface area contributed by atoms with Crippen molar-refractivity contribution in [1.29, 1.82) is 0 Å². The standard InChI is InChI=1S/C14H12ClF3N2O4/c15-9-7-11(12(20(22)23)6-8(9)14(16,17)18)19-10(3-4-21)13-2-1-5-24-13/h1-2,5-7,10,19,21H,3-4H2. The monoisotopic (exact) mass is 364 g/mol. The van der Waals surface area contributed by atoms with Gasteiger partial charge in [0.25, 0.3) is 5.69 Å². The molecule has 2 rings (SSSR count). The minimum Gasteiger partial charge on any atom is -0.467 e. The fourth-order valence-corrected chi connectivity index (χ4v) is 2.41. The van der Waals surface area contributed by atoms with Crippen LogP contribution in [0.3, 0.4) is 0 Å². The smallest absolute Gasteiger partial charge is 0.418 e. The third kappa shape index (κ3) is 3.98. The van der Waals surface area contributed by atoms with E-state index >= 15 is 0 Å². The SMILES string of the molecule is O=[N+]([O-])c1cc(C(F)(F)F)c(Cl)cc1NC(CCO)c1ccco1. The van der Waals surface area contributed by atoms with Crippen LogP contribution in [0.2, 0.25) is 5.02 Å². The first-order chi connectivity index (χ1) is 11.2. The summed E-state index contributed by atoms with van der Waals surface area (Å²) in [4.78, 5) is 10.2. The summed E-state index contributed by atoms with van der Waals surface area (Å²) >= 11 is 5.62. The van der Waals surface area contributed by atoms with Crippen molar-refractivity contribution < 1.29 is 27.6 Å². The molecule has 130 valence electrons. The number of anilines is 1. The lowest BCUT2D eigenvalue weighted by Gasteiger charge is -2.18. The maximum Gasteiger partial charge on any atom is 0.418 e. The number of furan rings is 1. The predicted octanol–water partition coefficient (Wildman–Crippen LogP) is 4.40. The fourth-order valence-electron chi connectivity index (χ4n) is 2.14. The van der Waals surface area contributed by atoms with Gasteiger partial charge in [0.05, 0.1) is 27.8 Å². The van der Waals surface area contributed by atoms with Crippen molar-refractivity contribution in [2.75, 3.05) is 11.9 Å². The highest BCUT2D eigenvalue weighted by molar-refractivity contribution is 6.31. The molecule has 6 nitrogen and oxygen atoms in total. The predicted molar refractivity (Wildman–Crippen MR) is 79.9 cm³/mol. The van der Waals surface area contributed by atoms with Crippen molar-refractivity contribution in [3.05, 3.63) is 57.0 Å². The molecule has 0 saturated carbocycles. The van der Waals surface area contributed by atoms with Gasteiger partial charge in [-0.3, -0.25) is 10.1 Å². The molecule has 0 radical (unpaired) electrons. The maximum atomic E-state index is 12.9. The van der Waals surface area contributed by atoms with E-state index in [0.29, 0.717) is 11.8 Å². The van der Waals surface area contributed by atoms with Crippen LogP contribution in [0.15, 0.2) is 34.9 Å². The Kier molecular flexibility index (Phi) is 5.35. The first-order valence-corrected chi connectivity index (χ1v) is 7.07. The largest absolute Gasteiger partial charge is 0.467 e. The zero-order valence-electron chi connectivity index (χ0n) is 12.0. The highest BCUT2D eigenvalue weighted by atomic mass is 35.5. The fraction of sp³-hybridized carbons (Fsp3) is 0.286. The van der Waals surface area contributed by atoms with Crippen molar-refractivity contribution in [1.82, 2.24) is 0 Å². The number of halogens is 4.